The van der Waals surface area contributed by atoms with E-state index in [4.69, 9.17) is 0 Å². The molecule has 0 aromatic heterocycles. The highest BCUT2D eigenvalue weighted by Gasteiger charge is 2.35. The first-order valence-electron chi connectivity index (χ1n) is 8.97. The molecular weight excluding hydrogens is 256 g/mol. The van der Waals surface area contributed by atoms with Gasteiger partial charge in [-0.2, -0.15) is 0 Å². The van der Waals surface area contributed by atoms with Crippen LogP contribution in [0.25, 0.3) is 0 Å². The van der Waals surface area contributed by atoms with Gasteiger partial charge in [0.1, 0.15) is 0 Å². The summed E-state index contributed by atoms with van der Waals surface area (Å²) in [5.41, 5.74) is 2.70. The summed E-state index contributed by atoms with van der Waals surface area (Å²) in [5.74, 6) is 0.759. The van der Waals surface area contributed by atoms with Gasteiger partial charge in [-0.05, 0) is 48.1 Å². The summed E-state index contributed by atoms with van der Waals surface area (Å²) in [5, 5.41) is 10.8. The quantitative estimate of drug-likeness (QED) is 0.751. The molecule has 1 aromatic rings. The second kappa shape index (κ2) is 6.52. The van der Waals surface area contributed by atoms with E-state index in [9.17, 15) is 5.11 Å². The minimum absolute atomic E-state index is 0.0879. The van der Waals surface area contributed by atoms with E-state index in [1.54, 1.807) is 0 Å². The highest BCUT2D eigenvalue weighted by molar-refractivity contribution is 5.28. The number of rotatable bonds is 3. The lowest BCUT2D eigenvalue weighted by molar-refractivity contribution is 0.00817. The molecule has 1 atom stereocenters. The Hall–Kier alpha value is -0.820. The molecule has 2 saturated carbocycles. The smallest absolute Gasteiger partial charge is 0.0843 e. The summed E-state index contributed by atoms with van der Waals surface area (Å²) in [6, 6.07) is 8.93. The fourth-order valence-corrected chi connectivity index (χ4v) is 4.42. The molecule has 21 heavy (non-hydrogen) atoms. The minimum Gasteiger partial charge on any atom is -0.388 e. The van der Waals surface area contributed by atoms with E-state index in [0.29, 0.717) is 0 Å². The number of aliphatic hydroxyl groups excluding tert-OH is 1. The van der Waals surface area contributed by atoms with Crippen LogP contribution >= 0.6 is 0 Å². The lowest BCUT2D eigenvalue weighted by Gasteiger charge is -2.38. The third-order valence-electron chi connectivity index (χ3n) is 5.98. The third kappa shape index (κ3) is 3.34. The van der Waals surface area contributed by atoms with Crippen molar-refractivity contribution in [1.82, 2.24) is 0 Å². The second-order valence-corrected chi connectivity index (χ2v) is 7.62. The maximum Gasteiger partial charge on any atom is 0.0843 e. The fraction of sp³-hybridized carbons (Fsp3) is 0.700. The lowest BCUT2D eigenvalue weighted by Crippen LogP contribution is -2.28. The van der Waals surface area contributed by atoms with Gasteiger partial charge in [-0.1, -0.05) is 69.7 Å². The summed E-state index contributed by atoms with van der Waals surface area (Å²) in [4.78, 5) is 0. The van der Waals surface area contributed by atoms with E-state index >= 15 is 0 Å². The fourth-order valence-electron chi connectivity index (χ4n) is 4.42. The van der Waals surface area contributed by atoms with Crippen molar-refractivity contribution in [1.29, 1.82) is 0 Å². The summed E-state index contributed by atoms with van der Waals surface area (Å²) in [6.07, 6.45) is 12.8. The van der Waals surface area contributed by atoms with Crippen molar-refractivity contribution >= 4 is 0 Å². The summed E-state index contributed by atoms with van der Waals surface area (Å²) in [7, 11) is 0. The number of hydrogen-bond donors (Lipinski definition) is 1. The van der Waals surface area contributed by atoms with Gasteiger partial charge in [0, 0.05) is 0 Å². The number of hydrogen-bond acceptors (Lipinski definition) is 1. The molecule has 0 saturated heterocycles. The average molecular weight is 286 g/mol. The van der Waals surface area contributed by atoms with Gasteiger partial charge in [-0.15, -0.1) is 0 Å². The van der Waals surface area contributed by atoms with Gasteiger partial charge >= 0.3 is 0 Å². The Morgan fingerprint density at radius 2 is 1.48 bits per heavy atom. The largest absolute Gasteiger partial charge is 0.388 e. The van der Waals surface area contributed by atoms with Crippen molar-refractivity contribution in [3.63, 3.8) is 0 Å². The SMILES string of the molecule is CC1(C(O)c2ccc(C3CCCCC3)cc2)CCCCC1. The zero-order valence-corrected chi connectivity index (χ0v) is 13.5. The van der Waals surface area contributed by atoms with Crippen molar-refractivity contribution in [2.24, 2.45) is 5.41 Å². The summed E-state index contributed by atoms with van der Waals surface area (Å²) >= 11 is 0. The Morgan fingerprint density at radius 1 is 0.905 bits per heavy atom. The van der Waals surface area contributed by atoms with Gasteiger partial charge in [0.2, 0.25) is 0 Å². The molecule has 2 aliphatic carbocycles. The molecular formula is C20H30O. The van der Waals surface area contributed by atoms with Crippen LogP contribution in [-0.4, -0.2) is 5.11 Å². The third-order valence-corrected chi connectivity index (χ3v) is 5.98. The van der Waals surface area contributed by atoms with Gasteiger partial charge in [-0.3, -0.25) is 0 Å². The van der Waals surface area contributed by atoms with Crippen LogP contribution in [0.4, 0.5) is 0 Å². The molecule has 1 nitrogen and oxygen atoms in total. The second-order valence-electron chi connectivity index (χ2n) is 7.62. The average Bonchev–Trinajstić information content (AvgIpc) is 2.56. The molecule has 0 amide bonds. The molecule has 0 spiro atoms. The zero-order valence-electron chi connectivity index (χ0n) is 13.5. The molecule has 1 N–H and O–H groups in total. The molecule has 1 unspecified atom stereocenters. The normalized spacial score (nSPS) is 24.7. The van der Waals surface area contributed by atoms with Crippen molar-refractivity contribution < 1.29 is 5.11 Å². The number of benzene rings is 1. The zero-order chi connectivity index (χ0) is 14.7. The molecule has 116 valence electrons. The summed E-state index contributed by atoms with van der Waals surface area (Å²) in [6.45, 7) is 2.27. The van der Waals surface area contributed by atoms with E-state index in [1.807, 2.05) is 0 Å². The van der Waals surface area contributed by atoms with Crippen molar-refractivity contribution in [3.8, 4) is 0 Å². The first-order chi connectivity index (χ1) is 10.2. The van der Waals surface area contributed by atoms with Crippen molar-refractivity contribution in [2.45, 2.75) is 83.2 Å². The standard InChI is InChI=1S/C20H30O/c1-20(14-6-3-7-15-20)19(21)18-12-10-17(11-13-18)16-8-4-2-5-9-16/h10-13,16,19,21H,2-9,14-15H2,1H3. The lowest BCUT2D eigenvalue weighted by atomic mass is 9.70. The highest BCUT2D eigenvalue weighted by atomic mass is 16.3. The molecule has 0 heterocycles. The Labute approximate surface area is 129 Å². The van der Waals surface area contributed by atoms with E-state index in [1.165, 1.54) is 69.8 Å². The maximum atomic E-state index is 10.8. The molecule has 2 aliphatic rings. The molecule has 2 fully saturated rings. The van der Waals surface area contributed by atoms with Crippen LogP contribution in [0.1, 0.15) is 94.3 Å². The van der Waals surface area contributed by atoms with E-state index in [0.717, 1.165) is 11.5 Å². The van der Waals surface area contributed by atoms with Crippen LogP contribution in [0, 0.1) is 5.41 Å². The van der Waals surface area contributed by atoms with Crippen LogP contribution in [0.5, 0.6) is 0 Å². The van der Waals surface area contributed by atoms with Gasteiger partial charge in [0.05, 0.1) is 6.10 Å². The van der Waals surface area contributed by atoms with E-state index < -0.39 is 0 Å². The van der Waals surface area contributed by atoms with Gasteiger partial charge < -0.3 is 5.11 Å². The first kappa shape index (κ1) is 15.1. The topological polar surface area (TPSA) is 20.2 Å². The minimum atomic E-state index is -0.293. The molecule has 0 aliphatic heterocycles. The Kier molecular flexibility index (Phi) is 4.69. The van der Waals surface area contributed by atoms with Gasteiger partial charge in [0.25, 0.3) is 0 Å². The Bertz CT molecular complexity index is 435. The summed E-state index contributed by atoms with van der Waals surface area (Å²) < 4.78 is 0. The van der Waals surface area contributed by atoms with E-state index in [2.05, 4.69) is 31.2 Å². The molecule has 0 bridgehead atoms. The van der Waals surface area contributed by atoms with Crippen LogP contribution in [0.3, 0.4) is 0 Å². The Morgan fingerprint density at radius 3 is 2.10 bits per heavy atom. The molecule has 1 heteroatoms. The molecule has 3 rings (SSSR count). The predicted octanol–water partition coefficient (Wildman–Crippen LogP) is 5.74. The Balaban J connectivity index is 1.70. The van der Waals surface area contributed by atoms with Crippen LogP contribution in [0.15, 0.2) is 24.3 Å². The van der Waals surface area contributed by atoms with Crippen LogP contribution < -0.4 is 0 Å². The van der Waals surface area contributed by atoms with Gasteiger partial charge in [-0.25, -0.2) is 0 Å². The van der Waals surface area contributed by atoms with E-state index in [-0.39, 0.29) is 11.5 Å². The maximum absolute atomic E-state index is 10.8. The van der Waals surface area contributed by atoms with Crippen molar-refractivity contribution in [2.75, 3.05) is 0 Å². The van der Waals surface area contributed by atoms with Crippen molar-refractivity contribution in [3.05, 3.63) is 35.4 Å². The molecule has 0 radical (unpaired) electrons. The van der Waals surface area contributed by atoms with Crippen LogP contribution in [0.2, 0.25) is 0 Å². The first-order valence-corrected chi connectivity index (χ1v) is 8.97. The highest BCUT2D eigenvalue weighted by Crippen LogP contribution is 2.45. The van der Waals surface area contributed by atoms with Crippen LogP contribution in [-0.2, 0) is 0 Å². The number of aliphatic hydroxyl groups is 1. The predicted molar refractivity (Wildman–Crippen MR) is 88.4 cm³/mol. The van der Waals surface area contributed by atoms with Gasteiger partial charge in [0.15, 0.2) is 0 Å². The monoisotopic (exact) mass is 286 g/mol. The molecule has 1 aromatic carbocycles.